The molecule has 1 aromatic heterocycles. The van der Waals surface area contributed by atoms with E-state index in [0.29, 0.717) is 39.9 Å². The summed E-state index contributed by atoms with van der Waals surface area (Å²) in [6.07, 6.45) is 0.656. The number of anilines is 1. The minimum atomic E-state index is -1.06. The number of benzene rings is 3. The number of aliphatic hydroxyl groups is 1. The summed E-state index contributed by atoms with van der Waals surface area (Å²) >= 11 is 4.58. The van der Waals surface area contributed by atoms with Crippen LogP contribution in [0.5, 0.6) is 23.0 Å². The molecule has 2 aliphatic heterocycles. The first kappa shape index (κ1) is 27.1. The van der Waals surface area contributed by atoms with Crippen LogP contribution in [0.4, 0.5) is 5.13 Å². The van der Waals surface area contributed by atoms with E-state index in [0.717, 1.165) is 16.0 Å². The normalized spacial score (nSPS) is 19.5. The molecule has 210 valence electrons. The average Bonchev–Trinajstić information content (AvgIpc) is 3.61. The van der Waals surface area contributed by atoms with E-state index in [4.69, 9.17) is 14.2 Å². The van der Waals surface area contributed by atoms with Gasteiger partial charge in [-0.2, -0.15) is 0 Å². The first-order valence-corrected chi connectivity index (χ1v) is 14.5. The van der Waals surface area contributed by atoms with Crippen LogP contribution < -0.4 is 19.1 Å². The first-order valence-electron chi connectivity index (χ1n) is 12.9. The lowest BCUT2D eigenvalue weighted by Crippen LogP contribution is -2.29. The molecule has 9 nitrogen and oxygen atoms in total. The highest BCUT2D eigenvalue weighted by atomic mass is 79.9. The number of rotatable bonds is 6. The number of aliphatic hydroxyl groups excluding tert-OH is 1. The van der Waals surface area contributed by atoms with Crippen LogP contribution in [0.25, 0.3) is 16.0 Å². The maximum absolute atomic E-state index is 13.7. The molecule has 3 aromatic carbocycles. The van der Waals surface area contributed by atoms with Gasteiger partial charge < -0.3 is 24.4 Å². The molecule has 0 radical (unpaired) electrons. The number of ether oxygens (including phenoxy) is 3. The van der Waals surface area contributed by atoms with Crippen molar-refractivity contribution in [3.63, 3.8) is 0 Å². The number of amides is 1. The number of phenolic OH excluding ortho intramolecular Hbond substituents is 1. The summed E-state index contributed by atoms with van der Waals surface area (Å²) in [5.74, 6) is -0.619. The molecule has 3 heterocycles. The zero-order valence-corrected chi connectivity index (χ0v) is 24.7. The quantitative estimate of drug-likeness (QED) is 0.148. The summed E-state index contributed by atoms with van der Waals surface area (Å²) in [4.78, 5) is 33.3. The zero-order chi connectivity index (χ0) is 29.0. The summed E-state index contributed by atoms with van der Waals surface area (Å²) in [7, 11) is 1.40. The van der Waals surface area contributed by atoms with E-state index in [1.54, 1.807) is 36.4 Å². The molecule has 1 amide bonds. The van der Waals surface area contributed by atoms with Crippen LogP contribution in [0.15, 0.2) is 58.6 Å². The van der Waals surface area contributed by atoms with Gasteiger partial charge in [-0.15, -0.1) is 0 Å². The number of ketones is 1. The Hall–Kier alpha value is -4.09. The second-order valence-corrected chi connectivity index (χ2v) is 11.6. The Balaban J connectivity index is 1.55. The summed E-state index contributed by atoms with van der Waals surface area (Å²) in [5, 5.41) is 22.3. The monoisotopic (exact) mass is 636 g/mol. The Morgan fingerprint density at radius 1 is 1.20 bits per heavy atom. The van der Waals surface area contributed by atoms with Crippen molar-refractivity contribution in [3.8, 4) is 23.0 Å². The standard InChI is InChI=1S/C30H25BrN2O7S/c1-4-39-18-6-7-20-23(13-18)41-30(32-20)33-25(17-11-19(31)27(35)22(12-17)38-3)24(28(36)29(33)37)26(34)15-5-8-21-16(10-15)9-14(2)40-21/h5-8,10-14,25,34-35H,4,9H2,1-3H3/t14-,25-/m0/s1. The fraction of sp³-hybridized carbons (Fsp3) is 0.233. The van der Waals surface area contributed by atoms with Crippen molar-refractivity contribution in [2.24, 2.45) is 0 Å². The van der Waals surface area contributed by atoms with Gasteiger partial charge in [0.05, 0.1) is 40.0 Å². The summed E-state index contributed by atoms with van der Waals surface area (Å²) < 4.78 is 17.8. The minimum Gasteiger partial charge on any atom is -0.507 e. The fourth-order valence-electron chi connectivity index (χ4n) is 5.23. The van der Waals surface area contributed by atoms with Crippen molar-refractivity contribution in [1.29, 1.82) is 0 Å². The Labute approximate surface area is 247 Å². The highest BCUT2D eigenvalue weighted by molar-refractivity contribution is 9.10. The Bertz CT molecular complexity index is 1770. The topological polar surface area (TPSA) is 118 Å². The lowest BCUT2D eigenvalue weighted by molar-refractivity contribution is -0.132. The third-order valence-corrected chi connectivity index (χ3v) is 8.69. The van der Waals surface area contributed by atoms with E-state index in [1.807, 2.05) is 19.9 Å². The van der Waals surface area contributed by atoms with Crippen LogP contribution in [0.2, 0.25) is 0 Å². The molecule has 0 spiro atoms. The third-order valence-electron chi connectivity index (χ3n) is 7.07. The number of hydrogen-bond acceptors (Lipinski definition) is 9. The van der Waals surface area contributed by atoms with Gasteiger partial charge in [-0.3, -0.25) is 14.5 Å². The van der Waals surface area contributed by atoms with E-state index in [2.05, 4.69) is 20.9 Å². The Morgan fingerprint density at radius 3 is 2.76 bits per heavy atom. The van der Waals surface area contributed by atoms with E-state index in [9.17, 15) is 19.8 Å². The van der Waals surface area contributed by atoms with Crippen molar-refractivity contribution >= 4 is 60.1 Å². The fourth-order valence-corrected chi connectivity index (χ4v) is 6.71. The van der Waals surface area contributed by atoms with Gasteiger partial charge in [-0.1, -0.05) is 11.3 Å². The molecule has 2 aliphatic rings. The van der Waals surface area contributed by atoms with Gasteiger partial charge in [0.15, 0.2) is 16.6 Å². The van der Waals surface area contributed by atoms with Crippen LogP contribution in [0.3, 0.4) is 0 Å². The number of aromatic nitrogens is 1. The van der Waals surface area contributed by atoms with E-state index in [-0.39, 0.29) is 34.1 Å². The molecule has 41 heavy (non-hydrogen) atoms. The number of nitrogens with zero attached hydrogens (tertiary/aromatic N) is 2. The summed E-state index contributed by atoms with van der Waals surface area (Å²) in [5.41, 5.74) is 2.25. The van der Waals surface area contributed by atoms with Gasteiger partial charge in [0.1, 0.15) is 23.4 Å². The molecule has 0 bridgehead atoms. The number of Topliss-reactive ketones (excluding diaryl/α,β-unsaturated/α-hetero) is 1. The number of carbonyl (C=O) groups excluding carboxylic acids is 2. The summed E-state index contributed by atoms with van der Waals surface area (Å²) in [6.45, 7) is 4.34. The molecule has 6 rings (SSSR count). The van der Waals surface area contributed by atoms with Crippen LogP contribution in [-0.2, 0) is 16.0 Å². The van der Waals surface area contributed by atoms with Gasteiger partial charge in [0.2, 0.25) is 0 Å². The van der Waals surface area contributed by atoms with E-state index < -0.39 is 17.7 Å². The number of hydrogen-bond donors (Lipinski definition) is 2. The smallest absolute Gasteiger partial charge is 0.301 e. The zero-order valence-electron chi connectivity index (χ0n) is 22.3. The number of thiazole rings is 1. The number of phenols is 1. The highest BCUT2D eigenvalue weighted by Gasteiger charge is 2.48. The van der Waals surface area contributed by atoms with Crippen LogP contribution in [0.1, 0.15) is 36.6 Å². The predicted octanol–water partition coefficient (Wildman–Crippen LogP) is 6.12. The number of aromatic hydroxyl groups is 1. The van der Waals surface area contributed by atoms with Crippen molar-refractivity contribution in [3.05, 3.63) is 75.3 Å². The predicted molar refractivity (Wildman–Crippen MR) is 158 cm³/mol. The number of carbonyl (C=O) groups is 2. The minimum absolute atomic E-state index is 0.00272. The molecule has 2 N–H and O–H groups in total. The molecule has 1 saturated heterocycles. The molecular weight excluding hydrogens is 612 g/mol. The number of methoxy groups -OCH3 is 1. The Morgan fingerprint density at radius 2 is 2.00 bits per heavy atom. The molecular formula is C30H25BrN2O7S. The first-order chi connectivity index (χ1) is 19.7. The van der Waals surface area contributed by atoms with Gasteiger partial charge >= 0.3 is 5.91 Å². The van der Waals surface area contributed by atoms with Gasteiger partial charge in [-0.25, -0.2) is 4.98 Å². The lowest BCUT2D eigenvalue weighted by atomic mass is 9.94. The summed E-state index contributed by atoms with van der Waals surface area (Å²) in [6, 6.07) is 12.7. The van der Waals surface area contributed by atoms with Gasteiger partial charge in [0.25, 0.3) is 5.78 Å². The van der Waals surface area contributed by atoms with Crippen molar-refractivity contribution in [1.82, 2.24) is 4.98 Å². The lowest BCUT2D eigenvalue weighted by Gasteiger charge is -2.24. The average molecular weight is 638 g/mol. The van der Waals surface area contributed by atoms with Gasteiger partial charge in [-0.05, 0) is 89.4 Å². The second kappa shape index (κ2) is 10.4. The third kappa shape index (κ3) is 4.58. The van der Waals surface area contributed by atoms with E-state index >= 15 is 0 Å². The van der Waals surface area contributed by atoms with Crippen molar-refractivity contribution < 1.29 is 34.0 Å². The van der Waals surface area contributed by atoms with Crippen LogP contribution >= 0.6 is 27.3 Å². The maximum atomic E-state index is 13.7. The maximum Gasteiger partial charge on any atom is 0.301 e. The van der Waals surface area contributed by atoms with Crippen molar-refractivity contribution in [2.75, 3.05) is 18.6 Å². The molecule has 4 aromatic rings. The molecule has 2 atom stereocenters. The van der Waals surface area contributed by atoms with Crippen molar-refractivity contribution in [2.45, 2.75) is 32.4 Å². The number of fused-ring (bicyclic) bond motifs is 2. The molecule has 0 unspecified atom stereocenters. The van der Waals surface area contributed by atoms with E-state index in [1.165, 1.54) is 29.4 Å². The largest absolute Gasteiger partial charge is 0.507 e. The number of halogens is 1. The molecule has 11 heteroatoms. The SMILES string of the molecule is CCOc1ccc2nc(N3C(=O)C(=O)C(=C(O)c4ccc5c(c4)C[C@H](C)O5)[C@@H]3c3cc(Br)c(O)c(OC)c3)sc2c1. The van der Waals surface area contributed by atoms with Crippen LogP contribution in [0, 0.1) is 0 Å². The molecule has 0 saturated carbocycles. The second-order valence-electron chi connectivity index (χ2n) is 9.74. The van der Waals surface area contributed by atoms with Gasteiger partial charge in [0, 0.05) is 12.0 Å². The Kier molecular flexibility index (Phi) is 6.87. The molecule has 1 fully saturated rings. The highest BCUT2D eigenvalue weighted by Crippen LogP contribution is 2.48. The molecule has 0 aliphatic carbocycles. The van der Waals surface area contributed by atoms with Crippen LogP contribution in [-0.4, -0.2) is 46.7 Å².